The van der Waals surface area contributed by atoms with E-state index in [9.17, 15) is 9.59 Å². The maximum Gasteiger partial charge on any atom is 0.257 e. The predicted octanol–water partition coefficient (Wildman–Crippen LogP) is 3.67. The Bertz CT molecular complexity index is 866. The average molecular weight is 428 g/mol. The minimum absolute atomic E-state index is 0.201. The van der Waals surface area contributed by atoms with Crippen LogP contribution in [0.2, 0.25) is 0 Å². The minimum atomic E-state index is -0.317. The number of ketones is 1. The zero-order chi connectivity index (χ0) is 21.9. The normalized spacial score (nSPS) is 10.5. The molecule has 7 heteroatoms. The van der Waals surface area contributed by atoms with E-state index in [-0.39, 0.29) is 16.8 Å². The topological polar surface area (TPSA) is 70.7 Å². The van der Waals surface area contributed by atoms with Crippen LogP contribution in [0.5, 0.6) is 5.75 Å². The molecule has 0 aromatic heterocycles. The molecule has 2 rings (SSSR count). The fraction of sp³-hybridized carbons (Fsp3) is 0.348. The van der Waals surface area contributed by atoms with Gasteiger partial charge < -0.3 is 15.0 Å². The minimum Gasteiger partial charge on any atom is -0.497 e. The van der Waals surface area contributed by atoms with Crippen molar-refractivity contribution in [2.24, 2.45) is 0 Å². The first-order chi connectivity index (χ1) is 14.4. The zero-order valence-electron chi connectivity index (χ0n) is 17.7. The SMILES string of the molecule is COc1cccc(C(=O)NC(=S)Nc2ccc(CC(=O)CCCCN(C)C)cc2)c1. The monoisotopic (exact) mass is 427 g/mol. The summed E-state index contributed by atoms with van der Waals surface area (Å²) in [7, 11) is 5.62. The van der Waals surface area contributed by atoms with Crippen molar-refractivity contribution < 1.29 is 14.3 Å². The molecule has 6 nitrogen and oxygen atoms in total. The van der Waals surface area contributed by atoms with E-state index in [0.29, 0.717) is 24.2 Å². The Kier molecular flexibility index (Phi) is 9.44. The van der Waals surface area contributed by atoms with Gasteiger partial charge in [0.15, 0.2) is 5.11 Å². The van der Waals surface area contributed by atoms with Crippen LogP contribution >= 0.6 is 12.2 Å². The third-order valence-corrected chi connectivity index (χ3v) is 4.69. The van der Waals surface area contributed by atoms with E-state index in [1.165, 1.54) is 0 Å². The number of Topliss-reactive ketones (excluding diaryl/α,β-unsaturated/α-hetero) is 1. The lowest BCUT2D eigenvalue weighted by atomic mass is 10.0. The van der Waals surface area contributed by atoms with Gasteiger partial charge in [-0.25, -0.2) is 0 Å². The molecule has 0 unspecified atom stereocenters. The molecule has 0 aliphatic rings. The van der Waals surface area contributed by atoms with E-state index in [0.717, 1.165) is 30.6 Å². The van der Waals surface area contributed by atoms with Gasteiger partial charge >= 0.3 is 0 Å². The number of anilines is 1. The third-order valence-electron chi connectivity index (χ3n) is 4.48. The van der Waals surface area contributed by atoms with Crippen LogP contribution in [0.3, 0.4) is 0 Å². The lowest BCUT2D eigenvalue weighted by Gasteiger charge is -2.11. The lowest BCUT2D eigenvalue weighted by molar-refractivity contribution is -0.118. The Hall–Kier alpha value is -2.77. The Morgan fingerprint density at radius 3 is 2.47 bits per heavy atom. The molecule has 160 valence electrons. The van der Waals surface area contributed by atoms with Crippen molar-refractivity contribution >= 4 is 34.7 Å². The number of thiocarbonyl (C=S) groups is 1. The van der Waals surface area contributed by atoms with Gasteiger partial charge in [0.25, 0.3) is 5.91 Å². The van der Waals surface area contributed by atoms with E-state index in [1.807, 2.05) is 38.4 Å². The summed E-state index contributed by atoms with van der Waals surface area (Å²) in [5, 5.41) is 5.83. The van der Waals surface area contributed by atoms with Gasteiger partial charge in [0.2, 0.25) is 0 Å². The summed E-state index contributed by atoms with van der Waals surface area (Å²) >= 11 is 5.22. The summed E-state index contributed by atoms with van der Waals surface area (Å²) < 4.78 is 5.13. The largest absolute Gasteiger partial charge is 0.497 e. The van der Waals surface area contributed by atoms with Gasteiger partial charge in [-0.3, -0.25) is 14.9 Å². The smallest absolute Gasteiger partial charge is 0.257 e. The molecule has 0 bridgehead atoms. The average Bonchev–Trinajstić information content (AvgIpc) is 2.72. The number of carbonyl (C=O) groups is 2. The van der Waals surface area contributed by atoms with Crippen LogP contribution in [0.1, 0.15) is 35.2 Å². The Morgan fingerprint density at radius 2 is 1.80 bits per heavy atom. The summed E-state index contributed by atoms with van der Waals surface area (Å²) in [5.74, 6) is 0.530. The molecule has 0 aliphatic heterocycles. The van der Waals surface area contributed by atoms with Gasteiger partial charge in [-0.1, -0.05) is 18.2 Å². The van der Waals surface area contributed by atoms with Crippen LogP contribution in [-0.2, 0) is 11.2 Å². The highest BCUT2D eigenvalue weighted by Gasteiger charge is 2.09. The molecular weight excluding hydrogens is 398 g/mol. The number of rotatable bonds is 10. The summed E-state index contributed by atoms with van der Waals surface area (Å²) in [4.78, 5) is 26.5. The van der Waals surface area contributed by atoms with Crippen LogP contribution in [0.4, 0.5) is 5.69 Å². The van der Waals surface area contributed by atoms with Crippen LogP contribution < -0.4 is 15.4 Å². The number of ether oxygens (including phenoxy) is 1. The molecule has 0 atom stereocenters. The van der Waals surface area contributed by atoms with E-state index in [1.54, 1.807) is 31.4 Å². The number of nitrogens with zero attached hydrogens (tertiary/aromatic N) is 1. The summed E-state index contributed by atoms with van der Waals surface area (Å²) in [6.45, 7) is 1.00. The molecule has 2 aromatic carbocycles. The molecule has 0 radical (unpaired) electrons. The molecule has 30 heavy (non-hydrogen) atoms. The quantitative estimate of drug-likeness (QED) is 0.445. The van der Waals surface area contributed by atoms with Gasteiger partial charge in [0, 0.05) is 24.1 Å². The Morgan fingerprint density at radius 1 is 1.07 bits per heavy atom. The van der Waals surface area contributed by atoms with Gasteiger partial charge in [0.1, 0.15) is 11.5 Å². The highest BCUT2D eigenvalue weighted by molar-refractivity contribution is 7.80. The van der Waals surface area contributed by atoms with Gasteiger partial charge in [-0.15, -0.1) is 0 Å². The van der Waals surface area contributed by atoms with Crippen molar-refractivity contribution in [2.45, 2.75) is 25.7 Å². The first kappa shape index (κ1) is 23.5. The molecule has 0 saturated heterocycles. The number of carbonyl (C=O) groups excluding carboxylic acids is 2. The maximum absolute atomic E-state index is 12.3. The van der Waals surface area contributed by atoms with Gasteiger partial charge in [-0.2, -0.15) is 0 Å². The zero-order valence-corrected chi connectivity index (χ0v) is 18.6. The summed E-state index contributed by atoms with van der Waals surface area (Å²) in [5.41, 5.74) is 2.16. The third kappa shape index (κ3) is 8.31. The Balaban J connectivity index is 1.79. The van der Waals surface area contributed by atoms with E-state index >= 15 is 0 Å². The Labute approximate surface area is 183 Å². The van der Waals surface area contributed by atoms with E-state index < -0.39 is 0 Å². The van der Waals surface area contributed by atoms with Crippen LogP contribution in [0, 0.1) is 0 Å². The van der Waals surface area contributed by atoms with Crippen LogP contribution in [0.25, 0.3) is 0 Å². The maximum atomic E-state index is 12.3. The standard InChI is InChI=1S/C23H29N3O3S/c1-26(2)14-5-4-8-20(27)15-17-10-12-19(13-11-17)24-23(30)25-22(28)18-7-6-9-21(16-18)29-3/h6-7,9-13,16H,4-5,8,14-15H2,1-3H3,(H2,24,25,28,30). The fourth-order valence-corrected chi connectivity index (χ4v) is 3.08. The van der Waals surface area contributed by atoms with E-state index in [2.05, 4.69) is 15.5 Å². The van der Waals surface area contributed by atoms with E-state index in [4.69, 9.17) is 17.0 Å². The molecule has 2 N–H and O–H groups in total. The number of benzene rings is 2. The molecule has 0 spiro atoms. The van der Waals surface area contributed by atoms with Crippen molar-refractivity contribution in [2.75, 3.05) is 33.1 Å². The first-order valence-electron chi connectivity index (χ1n) is 9.89. The number of hydrogen-bond acceptors (Lipinski definition) is 5. The molecule has 0 fully saturated rings. The number of unbranched alkanes of at least 4 members (excludes halogenated alkanes) is 1. The lowest BCUT2D eigenvalue weighted by Crippen LogP contribution is -2.34. The van der Waals surface area contributed by atoms with Crippen LogP contribution in [-0.4, -0.2) is 49.5 Å². The molecular formula is C23H29N3O3S. The van der Waals surface area contributed by atoms with Crippen LogP contribution in [0.15, 0.2) is 48.5 Å². The van der Waals surface area contributed by atoms with Crippen molar-refractivity contribution in [3.8, 4) is 5.75 Å². The second-order valence-corrected chi connectivity index (χ2v) is 7.72. The summed E-state index contributed by atoms with van der Waals surface area (Å²) in [6, 6.07) is 14.3. The number of amides is 1. The molecule has 2 aromatic rings. The van der Waals surface area contributed by atoms with Crippen molar-refractivity contribution in [1.82, 2.24) is 10.2 Å². The predicted molar refractivity (Wildman–Crippen MR) is 124 cm³/mol. The van der Waals surface area contributed by atoms with Crippen molar-refractivity contribution in [1.29, 1.82) is 0 Å². The fourth-order valence-electron chi connectivity index (χ4n) is 2.87. The number of methoxy groups -OCH3 is 1. The number of nitrogens with one attached hydrogen (secondary N) is 2. The van der Waals surface area contributed by atoms with Gasteiger partial charge in [0.05, 0.1) is 7.11 Å². The highest BCUT2D eigenvalue weighted by Crippen LogP contribution is 2.14. The summed E-state index contributed by atoms with van der Waals surface area (Å²) in [6.07, 6.45) is 2.98. The molecule has 1 amide bonds. The molecule has 0 heterocycles. The second kappa shape index (κ2) is 12.0. The molecule has 0 saturated carbocycles. The highest BCUT2D eigenvalue weighted by atomic mass is 32.1. The van der Waals surface area contributed by atoms with Crippen molar-refractivity contribution in [3.05, 3.63) is 59.7 Å². The first-order valence-corrected chi connectivity index (χ1v) is 10.3. The number of hydrogen-bond donors (Lipinski definition) is 2. The van der Waals surface area contributed by atoms with Crippen molar-refractivity contribution in [3.63, 3.8) is 0 Å². The molecule has 0 aliphatic carbocycles. The van der Waals surface area contributed by atoms with Gasteiger partial charge in [-0.05, 0) is 81.6 Å². The second-order valence-electron chi connectivity index (χ2n) is 7.31.